The predicted octanol–water partition coefficient (Wildman–Crippen LogP) is 1.99. The summed E-state index contributed by atoms with van der Waals surface area (Å²) in [6, 6.07) is 0. The van der Waals surface area contributed by atoms with Gasteiger partial charge in [0, 0.05) is 19.3 Å². The van der Waals surface area contributed by atoms with Crippen molar-refractivity contribution in [2.45, 2.75) is 38.3 Å². The number of carboxylic acids is 1. The Morgan fingerprint density at radius 3 is 2.45 bits per heavy atom. The Morgan fingerprint density at radius 2 is 1.85 bits per heavy atom. The summed E-state index contributed by atoms with van der Waals surface area (Å²) in [7, 11) is 0. The van der Waals surface area contributed by atoms with Crippen molar-refractivity contribution >= 4 is 5.97 Å². The van der Waals surface area contributed by atoms with Crippen LogP contribution in [0.1, 0.15) is 31.0 Å². The van der Waals surface area contributed by atoms with Crippen LogP contribution in [0.4, 0.5) is 13.2 Å². The van der Waals surface area contributed by atoms with Crippen molar-refractivity contribution in [3.63, 3.8) is 0 Å². The number of hydrogen-bond donors (Lipinski definition) is 1. The summed E-state index contributed by atoms with van der Waals surface area (Å²) in [5, 5.41) is 15.8. The maximum absolute atomic E-state index is 11.8. The fraction of sp³-hybridized carbons (Fsp3) is 0.727. The summed E-state index contributed by atoms with van der Waals surface area (Å²) in [4.78, 5) is 10.3. The van der Waals surface area contributed by atoms with Crippen LogP contribution in [0.3, 0.4) is 0 Å². The lowest BCUT2D eigenvalue weighted by Crippen LogP contribution is -2.18. The number of alkyl halides is 3. The number of carbonyl (C=O) groups is 1. The molecule has 0 aliphatic heterocycles. The van der Waals surface area contributed by atoms with Crippen molar-refractivity contribution < 1.29 is 32.2 Å². The summed E-state index contributed by atoms with van der Waals surface area (Å²) in [5.74, 6) is -0.306. The topological polar surface area (TPSA) is 85.5 Å². The molecule has 0 amide bonds. The van der Waals surface area contributed by atoms with E-state index in [2.05, 4.69) is 14.9 Å². The smallest absolute Gasteiger partial charge is 0.411 e. The van der Waals surface area contributed by atoms with Gasteiger partial charge < -0.3 is 14.3 Å². The zero-order valence-corrected chi connectivity index (χ0v) is 10.7. The van der Waals surface area contributed by atoms with Gasteiger partial charge >= 0.3 is 12.1 Å². The number of hydrogen-bond acceptors (Lipinski definition) is 5. The van der Waals surface area contributed by atoms with Gasteiger partial charge in [-0.05, 0) is 12.8 Å². The summed E-state index contributed by atoms with van der Waals surface area (Å²) in [5.41, 5.74) is 0. The van der Waals surface area contributed by atoms with Gasteiger partial charge in [0.2, 0.25) is 11.8 Å². The second-order valence-electron chi connectivity index (χ2n) is 4.11. The second-order valence-corrected chi connectivity index (χ2v) is 4.11. The lowest BCUT2D eigenvalue weighted by atomic mass is 10.2. The number of nitrogens with zero attached hydrogens (tertiary/aromatic N) is 2. The molecule has 20 heavy (non-hydrogen) atoms. The van der Waals surface area contributed by atoms with E-state index in [0.29, 0.717) is 25.2 Å². The van der Waals surface area contributed by atoms with Crippen LogP contribution < -0.4 is 0 Å². The number of aliphatic carboxylic acids is 1. The van der Waals surface area contributed by atoms with Crippen molar-refractivity contribution in [3.8, 4) is 0 Å². The van der Waals surface area contributed by atoms with E-state index in [-0.39, 0.29) is 25.3 Å². The number of halogens is 3. The minimum atomic E-state index is -4.34. The van der Waals surface area contributed by atoms with E-state index < -0.39 is 18.8 Å². The summed E-state index contributed by atoms with van der Waals surface area (Å²) < 4.78 is 45.0. The number of unbranched alkanes of at least 4 members (excludes halogenated alkanes) is 1. The monoisotopic (exact) mass is 296 g/mol. The van der Waals surface area contributed by atoms with Crippen LogP contribution >= 0.6 is 0 Å². The van der Waals surface area contributed by atoms with Crippen LogP contribution in [-0.2, 0) is 22.4 Å². The standard InChI is InChI=1S/C11H15F3N2O4/c12-11(13,14)7-19-6-5-9-16-15-8(20-9)3-1-2-4-10(17)18/h1-7H2,(H,17,18). The Kier molecular flexibility index (Phi) is 6.43. The van der Waals surface area contributed by atoms with Gasteiger partial charge in [0.1, 0.15) is 6.61 Å². The molecule has 1 aromatic rings. The summed E-state index contributed by atoms with van der Waals surface area (Å²) in [6.07, 6.45) is -2.61. The molecular formula is C11H15F3N2O4. The molecule has 0 unspecified atom stereocenters. The van der Waals surface area contributed by atoms with Crippen molar-refractivity contribution in [2.24, 2.45) is 0 Å². The molecular weight excluding hydrogens is 281 g/mol. The molecule has 0 aromatic carbocycles. The minimum Gasteiger partial charge on any atom is -0.481 e. The van der Waals surface area contributed by atoms with E-state index in [4.69, 9.17) is 9.52 Å². The fourth-order valence-electron chi connectivity index (χ4n) is 1.39. The van der Waals surface area contributed by atoms with Crippen LogP contribution in [0.2, 0.25) is 0 Å². The highest BCUT2D eigenvalue weighted by atomic mass is 19.4. The van der Waals surface area contributed by atoms with Gasteiger partial charge in [-0.3, -0.25) is 4.79 Å². The third-order valence-corrected chi connectivity index (χ3v) is 2.27. The number of ether oxygens (including phenoxy) is 1. The lowest BCUT2D eigenvalue weighted by Gasteiger charge is -2.05. The zero-order valence-electron chi connectivity index (χ0n) is 10.7. The molecule has 0 fully saturated rings. The van der Waals surface area contributed by atoms with Gasteiger partial charge in [-0.15, -0.1) is 10.2 Å². The molecule has 0 bridgehead atoms. The maximum atomic E-state index is 11.8. The van der Waals surface area contributed by atoms with Crippen molar-refractivity contribution in [3.05, 3.63) is 11.8 Å². The molecule has 1 N–H and O–H groups in total. The second kappa shape index (κ2) is 7.83. The van der Waals surface area contributed by atoms with E-state index in [9.17, 15) is 18.0 Å². The molecule has 1 aromatic heterocycles. The van der Waals surface area contributed by atoms with Gasteiger partial charge in [-0.1, -0.05) is 0 Å². The number of rotatable bonds is 9. The molecule has 114 valence electrons. The first-order valence-corrected chi connectivity index (χ1v) is 6.04. The van der Waals surface area contributed by atoms with Crippen LogP contribution in [0.25, 0.3) is 0 Å². The van der Waals surface area contributed by atoms with Crippen LogP contribution in [-0.4, -0.2) is 40.7 Å². The average Bonchev–Trinajstić information content (AvgIpc) is 2.77. The molecule has 0 saturated heterocycles. The minimum absolute atomic E-state index is 0.0757. The molecule has 6 nitrogen and oxygen atoms in total. The Balaban J connectivity index is 2.17. The first-order chi connectivity index (χ1) is 9.37. The van der Waals surface area contributed by atoms with Gasteiger partial charge in [-0.2, -0.15) is 13.2 Å². The highest BCUT2D eigenvalue weighted by molar-refractivity contribution is 5.66. The van der Waals surface area contributed by atoms with Gasteiger partial charge in [0.15, 0.2) is 0 Å². The SMILES string of the molecule is O=C(O)CCCCc1nnc(CCOCC(F)(F)F)o1. The predicted molar refractivity (Wildman–Crippen MR) is 60.1 cm³/mol. The summed E-state index contributed by atoms with van der Waals surface area (Å²) >= 11 is 0. The fourth-order valence-corrected chi connectivity index (χ4v) is 1.39. The highest BCUT2D eigenvalue weighted by Crippen LogP contribution is 2.14. The lowest BCUT2D eigenvalue weighted by molar-refractivity contribution is -0.173. The van der Waals surface area contributed by atoms with Crippen molar-refractivity contribution in [1.82, 2.24) is 10.2 Å². The number of carboxylic acid groups (broad SMARTS) is 1. The maximum Gasteiger partial charge on any atom is 0.411 e. The van der Waals surface area contributed by atoms with Gasteiger partial charge in [-0.25, -0.2) is 0 Å². The highest BCUT2D eigenvalue weighted by Gasteiger charge is 2.27. The largest absolute Gasteiger partial charge is 0.481 e. The van der Waals surface area contributed by atoms with E-state index >= 15 is 0 Å². The molecule has 1 heterocycles. The normalized spacial score (nSPS) is 11.8. The third kappa shape index (κ3) is 7.72. The molecule has 0 aliphatic carbocycles. The molecule has 0 atom stereocenters. The molecule has 0 aliphatic rings. The quantitative estimate of drug-likeness (QED) is 0.701. The number of aromatic nitrogens is 2. The van der Waals surface area contributed by atoms with E-state index in [1.54, 1.807) is 0 Å². The zero-order chi connectivity index (χ0) is 15.0. The van der Waals surface area contributed by atoms with Gasteiger partial charge in [0.25, 0.3) is 0 Å². The van der Waals surface area contributed by atoms with Crippen LogP contribution in [0.15, 0.2) is 4.42 Å². The first kappa shape index (κ1) is 16.4. The molecule has 1 rings (SSSR count). The number of aryl methyl sites for hydroxylation is 1. The average molecular weight is 296 g/mol. The van der Waals surface area contributed by atoms with Crippen LogP contribution in [0, 0.1) is 0 Å². The Morgan fingerprint density at radius 1 is 1.20 bits per heavy atom. The summed E-state index contributed by atoms with van der Waals surface area (Å²) in [6.45, 7) is -1.46. The van der Waals surface area contributed by atoms with E-state index in [1.165, 1.54) is 0 Å². The molecule has 9 heteroatoms. The van der Waals surface area contributed by atoms with Crippen molar-refractivity contribution in [2.75, 3.05) is 13.2 Å². The van der Waals surface area contributed by atoms with Crippen LogP contribution in [0.5, 0.6) is 0 Å². The Bertz CT molecular complexity index is 420. The first-order valence-electron chi connectivity index (χ1n) is 6.04. The van der Waals surface area contributed by atoms with E-state index in [0.717, 1.165) is 0 Å². The Hall–Kier alpha value is -1.64. The molecule has 0 saturated carbocycles. The van der Waals surface area contributed by atoms with Crippen molar-refractivity contribution in [1.29, 1.82) is 0 Å². The molecule has 0 radical (unpaired) electrons. The molecule has 0 spiro atoms. The van der Waals surface area contributed by atoms with E-state index in [1.807, 2.05) is 0 Å². The third-order valence-electron chi connectivity index (χ3n) is 2.27. The van der Waals surface area contributed by atoms with Gasteiger partial charge in [0.05, 0.1) is 6.61 Å². The Labute approximate surface area is 112 Å².